The smallest absolute Gasteiger partial charge is 0.204 e. The molecule has 0 N–H and O–H groups in total. The number of aromatic nitrogens is 4. The average molecular weight is 324 g/mol. The van der Waals surface area contributed by atoms with Crippen molar-refractivity contribution >= 4 is 5.78 Å². The predicted molar refractivity (Wildman–Crippen MR) is 88.0 cm³/mol. The largest absolute Gasteiger partial charge is 0.294 e. The first-order chi connectivity index (χ1) is 11.6. The summed E-state index contributed by atoms with van der Waals surface area (Å²) < 4.78 is 13.3. The second kappa shape index (κ2) is 7.12. The first-order valence-corrected chi connectivity index (χ1v) is 7.76. The van der Waals surface area contributed by atoms with Crippen molar-refractivity contribution in [2.24, 2.45) is 0 Å². The van der Waals surface area contributed by atoms with E-state index in [1.165, 1.54) is 10.9 Å². The summed E-state index contributed by atoms with van der Waals surface area (Å²) >= 11 is 0. The SMILES string of the molecule is Cc1cc(-c2nnn(CCCC(=O)c3ccccc3)n2)ccc1F. The number of Topliss-reactive ketones (excluding diaryl/α,β-unsaturated/α-hetero) is 1. The number of aryl methyl sites for hydroxylation is 2. The maximum absolute atomic E-state index is 13.3. The van der Waals surface area contributed by atoms with Gasteiger partial charge in [-0.25, -0.2) is 4.39 Å². The first-order valence-electron chi connectivity index (χ1n) is 7.76. The van der Waals surface area contributed by atoms with Gasteiger partial charge in [0.05, 0.1) is 6.54 Å². The monoisotopic (exact) mass is 324 g/mol. The van der Waals surface area contributed by atoms with Crippen LogP contribution in [0.15, 0.2) is 48.5 Å². The standard InChI is InChI=1S/C18H17FN4O/c1-13-12-15(9-10-16(13)19)18-20-22-23(21-18)11-5-8-17(24)14-6-3-2-4-7-14/h2-4,6-7,9-10,12H,5,8,11H2,1H3. The number of tetrazole rings is 1. The summed E-state index contributed by atoms with van der Waals surface area (Å²) in [6, 6.07) is 13.9. The van der Waals surface area contributed by atoms with Crippen LogP contribution >= 0.6 is 0 Å². The molecule has 0 spiro atoms. The maximum atomic E-state index is 13.3. The van der Waals surface area contributed by atoms with Gasteiger partial charge in [0.1, 0.15) is 5.82 Å². The number of ketones is 1. The van der Waals surface area contributed by atoms with E-state index in [2.05, 4.69) is 15.4 Å². The van der Waals surface area contributed by atoms with E-state index in [0.717, 1.165) is 5.56 Å². The quantitative estimate of drug-likeness (QED) is 0.652. The van der Waals surface area contributed by atoms with Crippen LogP contribution in [0.5, 0.6) is 0 Å². The summed E-state index contributed by atoms with van der Waals surface area (Å²) in [5.74, 6) is 0.295. The molecule has 0 fully saturated rings. The molecule has 0 saturated heterocycles. The lowest BCUT2D eigenvalue weighted by Gasteiger charge is -2.01. The molecule has 3 rings (SSSR count). The summed E-state index contributed by atoms with van der Waals surface area (Å²) in [5.41, 5.74) is 1.98. The van der Waals surface area contributed by atoms with Gasteiger partial charge < -0.3 is 0 Å². The summed E-state index contributed by atoms with van der Waals surface area (Å²) in [4.78, 5) is 13.5. The summed E-state index contributed by atoms with van der Waals surface area (Å²) in [7, 11) is 0. The van der Waals surface area contributed by atoms with Gasteiger partial charge in [0, 0.05) is 17.5 Å². The van der Waals surface area contributed by atoms with Crippen LogP contribution in [0.2, 0.25) is 0 Å². The second-order valence-corrected chi connectivity index (χ2v) is 5.57. The van der Waals surface area contributed by atoms with Crippen LogP contribution in [0.1, 0.15) is 28.8 Å². The van der Waals surface area contributed by atoms with Crippen molar-refractivity contribution in [1.29, 1.82) is 0 Å². The van der Waals surface area contributed by atoms with Crippen LogP contribution in [0.3, 0.4) is 0 Å². The van der Waals surface area contributed by atoms with E-state index in [-0.39, 0.29) is 11.6 Å². The zero-order valence-corrected chi connectivity index (χ0v) is 13.3. The van der Waals surface area contributed by atoms with Crippen LogP contribution in [0, 0.1) is 12.7 Å². The van der Waals surface area contributed by atoms with E-state index in [4.69, 9.17) is 0 Å². The number of nitrogens with zero attached hydrogens (tertiary/aromatic N) is 4. The topological polar surface area (TPSA) is 60.7 Å². The number of halogens is 1. The fraction of sp³-hybridized carbons (Fsp3) is 0.222. The van der Waals surface area contributed by atoms with Gasteiger partial charge in [0.15, 0.2) is 5.78 Å². The Bertz CT molecular complexity index is 845. The number of hydrogen-bond acceptors (Lipinski definition) is 4. The summed E-state index contributed by atoms with van der Waals surface area (Å²) in [6.07, 6.45) is 1.06. The molecule has 0 bridgehead atoms. The fourth-order valence-corrected chi connectivity index (χ4v) is 2.39. The van der Waals surface area contributed by atoms with Crippen LogP contribution in [-0.4, -0.2) is 26.0 Å². The van der Waals surface area contributed by atoms with Gasteiger partial charge in [-0.3, -0.25) is 4.79 Å². The third-order valence-corrected chi connectivity index (χ3v) is 3.73. The molecule has 0 radical (unpaired) electrons. The van der Waals surface area contributed by atoms with Crippen molar-refractivity contribution in [1.82, 2.24) is 20.2 Å². The zero-order chi connectivity index (χ0) is 16.9. The van der Waals surface area contributed by atoms with Crippen LogP contribution in [0.4, 0.5) is 4.39 Å². The Labute approximate surface area is 139 Å². The Balaban J connectivity index is 1.58. The highest BCUT2D eigenvalue weighted by molar-refractivity contribution is 5.95. The second-order valence-electron chi connectivity index (χ2n) is 5.57. The van der Waals surface area contributed by atoms with Gasteiger partial charge >= 0.3 is 0 Å². The molecule has 0 aliphatic heterocycles. The van der Waals surface area contributed by atoms with Gasteiger partial charge in [-0.2, -0.15) is 4.80 Å². The van der Waals surface area contributed by atoms with E-state index in [1.54, 1.807) is 19.1 Å². The summed E-state index contributed by atoms with van der Waals surface area (Å²) in [5, 5.41) is 12.3. The molecule has 0 saturated carbocycles. The van der Waals surface area contributed by atoms with Crippen molar-refractivity contribution in [3.63, 3.8) is 0 Å². The lowest BCUT2D eigenvalue weighted by Crippen LogP contribution is -2.06. The van der Waals surface area contributed by atoms with Gasteiger partial charge in [-0.1, -0.05) is 30.3 Å². The Morgan fingerprint density at radius 2 is 1.96 bits per heavy atom. The van der Waals surface area contributed by atoms with E-state index < -0.39 is 0 Å². The minimum atomic E-state index is -0.259. The van der Waals surface area contributed by atoms with Crippen molar-refractivity contribution < 1.29 is 9.18 Å². The van der Waals surface area contributed by atoms with Gasteiger partial charge in [-0.15, -0.1) is 10.2 Å². The molecule has 24 heavy (non-hydrogen) atoms. The molecule has 6 heteroatoms. The maximum Gasteiger partial charge on any atom is 0.204 e. The van der Waals surface area contributed by atoms with Gasteiger partial charge in [0.2, 0.25) is 5.82 Å². The molecule has 2 aromatic carbocycles. The zero-order valence-electron chi connectivity index (χ0n) is 13.3. The molecular formula is C18H17FN4O. The highest BCUT2D eigenvalue weighted by atomic mass is 19.1. The average Bonchev–Trinajstić information content (AvgIpc) is 3.07. The number of carbonyl (C=O) groups is 1. The number of carbonyl (C=O) groups excluding carboxylic acids is 1. The summed E-state index contributed by atoms with van der Waals surface area (Å²) in [6.45, 7) is 2.20. The highest BCUT2D eigenvalue weighted by Crippen LogP contribution is 2.17. The van der Waals surface area contributed by atoms with Crippen molar-refractivity contribution in [3.05, 3.63) is 65.5 Å². The molecule has 0 amide bonds. The number of benzene rings is 2. The molecule has 0 unspecified atom stereocenters. The van der Waals surface area contributed by atoms with Crippen LogP contribution in [0.25, 0.3) is 11.4 Å². The lowest BCUT2D eigenvalue weighted by molar-refractivity contribution is 0.0977. The van der Waals surface area contributed by atoms with Crippen LogP contribution in [-0.2, 0) is 6.54 Å². The lowest BCUT2D eigenvalue weighted by atomic mass is 10.1. The number of rotatable bonds is 6. The van der Waals surface area contributed by atoms with Crippen molar-refractivity contribution in [3.8, 4) is 11.4 Å². The fourth-order valence-electron chi connectivity index (χ4n) is 2.39. The molecule has 1 aromatic heterocycles. The third kappa shape index (κ3) is 3.71. The predicted octanol–water partition coefficient (Wildman–Crippen LogP) is 3.45. The van der Waals surface area contributed by atoms with Gasteiger partial charge in [0.25, 0.3) is 0 Å². The Morgan fingerprint density at radius 1 is 1.17 bits per heavy atom. The van der Waals surface area contributed by atoms with E-state index >= 15 is 0 Å². The minimum Gasteiger partial charge on any atom is -0.294 e. The van der Waals surface area contributed by atoms with Gasteiger partial charge in [-0.05, 0) is 42.3 Å². The molecule has 122 valence electrons. The molecule has 0 atom stereocenters. The minimum absolute atomic E-state index is 0.102. The Hall–Kier alpha value is -2.89. The molecule has 1 heterocycles. The Kier molecular flexibility index (Phi) is 4.74. The van der Waals surface area contributed by atoms with E-state index in [9.17, 15) is 9.18 Å². The first kappa shape index (κ1) is 16.0. The highest BCUT2D eigenvalue weighted by Gasteiger charge is 2.09. The number of hydrogen-bond donors (Lipinski definition) is 0. The Morgan fingerprint density at radius 3 is 2.71 bits per heavy atom. The third-order valence-electron chi connectivity index (χ3n) is 3.73. The molecular weight excluding hydrogens is 307 g/mol. The van der Waals surface area contributed by atoms with E-state index in [1.807, 2.05) is 30.3 Å². The van der Waals surface area contributed by atoms with Crippen molar-refractivity contribution in [2.45, 2.75) is 26.3 Å². The normalized spacial score (nSPS) is 10.8. The van der Waals surface area contributed by atoms with Crippen LogP contribution < -0.4 is 0 Å². The molecule has 0 aliphatic carbocycles. The van der Waals surface area contributed by atoms with E-state index in [0.29, 0.717) is 36.3 Å². The van der Waals surface area contributed by atoms with Crippen molar-refractivity contribution in [2.75, 3.05) is 0 Å². The molecule has 3 aromatic rings. The molecule has 5 nitrogen and oxygen atoms in total. The molecule has 0 aliphatic rings.